The van der Waals surface area contributed by atoms with Crippen molar-refractivity contribution < 1.29 is 28.3 Å². The summed E-state index contributed by atoms with van der Waals surface area (Å²) in [7, 11) is 0. The zero-order chi connectivity index (χ0) is 28.7. The van der Waals surface area contributed by atoms with Crippen molar-refractivity contribution in [3.63, 3.8) is 0 Å². The van der Waals surface area contributed by atoms with Crippen LogP contribution in [0.1, 0.15) is 45.1 Å². The Kier molecular flexibility index (Phi) is 6.64. The van der Waals surface area contributed by atoms with Crippen LogP contribution in [0.5, 0.6) is 0 Å². The monoisotopic (exact) mass is 588 g/mol. The number of hydrogen-bond acceptors (Lipinski definition) is 7. The first-order valence-electron chi connectivity index (χ1n) is 13.6. The van der Waals surface area contributed by atoms with Crippen LogP contribution in [0.4, 0.5) is 8.78 Å². The van der Waals surface area contributed by atoms with Crippen LogP contribution in [0.25, 0.3) is 0 Å². The number of carbonyl (C=O) groups excluding carboxylic acids is 2. The van der Waals surface area contributed by atoms with E-state index in [1.165, 1.54) is 12.2 Å². The average Bonchev–Trinajstić information content (AvgIpc) is 3.39. The minimum absolute atomic E-state index is 0.0642. The van der Waals surface area contributed by atoms with Gasteiger partial charge in [-0.25, -0.2) is 8.78 Å². The highest BCUT2D eigenvalue weighted by molar-refractivity contribution is 8.14. The van der Waals surface area contributed by atoms with Gasteiger partial charge in [-0.05, 0) is 55.0 Å². The number of hydrogen-bond donors (Lipinski definition) is 1. The number of aliphatic hydroxyl groups excluding tert-OH is 1. The smallest absolute Gasteiger partial charge is 0.224 e. The highest BCUT2D eigenvalue weighted by Gasteiger charge is 2.79. The molecular weight excluding hydrogens is 558 g/mol. The molecule has 212 valence electrons. The molecule has 0 amide bonds. The summed E-state index contributed by atoms with van der Waals surface area (Å²) in [4.78, 5) is 32.7. The van der Waals surface area contributed by atoms with E-state index in [-0.39, 0.29) is 47.4 Å². The maximum Gasteiger partial charge on any atom is 0.224 e. The molecule has 2 saturated carbocycles. The van der Waals surface area contributed by atoms with Gasteiger partial charge in [0.2, 0.25) is 5.12 Å². The highest BCUT2D eigenvalue weighted by Crippen LogP contribution is 2.73. The van der Waals surface area contributed by atoms with Gasteiger partial charge in [0.15, 0.2) is 17.1 Å². The third-order valence-corrected chi connectivity index (χ3v) is 11.6. The Morgan fingerprint density at radius 1 is 1.30 bits per heavy atom. The zero-order valence-electron chi connectivity index (χ0n) is 22.3. The van der Waals surface area contributed by atoms with Crippen molar-refractivity contribution in [2.24, 2.45) is 28.6 Å². The molecule has 5 aliphatic rings. The van der Waals surface area contributed by atoms with Crippen LogP contribution in [0.15, 0.2) is 47.8 Å². The maximum atomic E-state index is 17.5. The molecule has 0 radical (unpaired) electrons. The third kappa shape index (κ3) is 3.62. The molecule has 6 rings (SSSR count). The lowest BCUT2D eigenvalue weighted by atomic mass is 9.45. The Morgan fingerprint density at radius 2 is 2.02 bits per heavy atom. The lowest BCUT2D eigenvalue weighted by Crippen LogP contribution is -2.69. The molecule has 1 aliphatic heterocycles. The molecule has 40 heavy (non-hydrogen) atoms. The standard InChI is InChI=1S/C30H31ClF2N2O4S/c1-27-8-7-20(36)12-23(27)24(32)13-22-21-11-18-16-35(15-17-3-5-19(31)6-4-17)39-30(18,26(38)40-10-9-34)28(21,2)14-25(37)29(22,27)33/h3-8,18,21-22,25,37H,10-16H2,1-2H3/t18-,21-,22-,25-,27-,28-,29-,30-/m0/s1. The molecule has 0 spiro atoms. The van der Waals surface area contributed by atoms with Crippen molar-refractivity contribution >= 4 is 34.3 Å². The average molecular weight is 589 g/mol. The number of aliphatic hydroxyl groups is 1. The van der Waals surface area contributed by atoms with Crippen LogP contribution in [-0.4, -0.2) is 50.7 Å². The number of carbonyl (C=O) groups is 2. The summed E-state index contributed by atoms with van der Waals surface area (Å²) in [6.07, 6.45) is 1.10. The molecule has 1 aromatic carbocycles. The van der Waals surface area contributed by atoms with E-state index in [4.69, 9.17) is 16.4 Å². The first kappa shape index (κ1) is 28.0. The van der Waals surface area contributed by atoms with Crippen molar-refractivity contribution in [1.82, 2.24) is 5.06 Å². The number of halogens is 3. The van der Waals surface area contributed by atoms with E-state index in [0.29, 0.717) is 24.5 Å². The van der Waals surface area contributed by atoms with E-state index in [2.05, 4.69) is 0 Å². The molecule has 10 heteroatoms. The molecule has 1 aromatic rings. The normalized spacial score (nSPS) is 42.2. The van der Waals surface area contributed by atoms with E-state index < -0.39 is 45.9 Å². The minimum atomic E-state index is -2.22. The Hall–Kier alpha value is -2.09. The molecule has 1 N–H and O–H groups in total. The van der Waals surface area contributed by atoms with Crippen LogP contribution >= 0.6 is 23.4 Å². The number of allylic oxidation sites excluding steroid dienone is 4. The van der Waals surface area contributed by atoms with Gasteiger partial charge in [0.25, 0.3) is 0 Å². The lowest BCUT2D eigenvalue weighted by molar-refractivity contribution is -0.263. The van der Waals surface area contributed by atoms with Gasteiger partial charge in [-0.15, -0.1) is 0 Å². The summed E-state index contributed by atoms with van der Waals surface area (Å²) < 4.78 is 33.3. The van der Waals surface area contributed by atoms with E-state index in [0.717, 1.165) is 17.3 Å². The lowest BCUT2D eigenvalue weighted by Gasteiger charge is -2.62. The molecule has 1 heterocycles. The first-order chi connectivity index (χ1) is 18.9. The number of benzene rings is 1. The second-order valence-electron chi connectivity index (χ2n) is 12.3. The highest BCUT2D eigenvalue weighted by atomic mass is 35.5. The van der Waals surface area contributed by atoms with Crippen molar-refractivity contribution in [3.05, 3.63) is 58.4 Å². The van der Waals surface area contributed by atoms with Crippen LogP contribution < -0.4 is 0 Å². The maximum absolute atomic E-state index is 17.5. The van der Waals surface area contributed by atoms with Gasteiger partial charge in [-0.1, -0.05) is 48.5 Å². The fraction of sp³-hybridized carbons (Fsp3) is 0.567. The molecule has 0 bridgehead atoms. The van der Waals surface area contributed by atoms with Crippen LogP contribution in [-0.2, 0) is 21.0 Å². The van der Waals surface area contributed by atoms with E-state index in [1.54, 1.807) is 24.1 Å². The number of hydroxylamine groups is 2. The van der Waals surface area contributed by atoms with Crippen LogP contribution in [0.2, 0.25) is 5.02 Å². The molecule has 6 nitrogen and oxygen atoms in total. The van der Waals surface area contributed by atoms with Gasteiger partial charge in [-0.3, -0.25) is 14.4 Å². The Bertz CT molecular complexity index is 1380. The van der Waals surface area contributed by atoms with Crippen LogP contribution in [0, 0.1) is 39.9 Å². The third-order valence-electron chi connectivity index (χ3n) is 10.6. The van der Waals surface area contributed by atoms with Crippen molar-refractivity contribution in [3.8, 4) is 6.07 Å². The first-order valence-corrected chi connectivity index (χ1v) is 15.0. The van der Waals surface area contributed by atoms with Gasteiger partial charge in [0, 0.05) is 53.6 Å². The summed E-state index contributed by atoms with van der Waals surface area (Å²) in [5, 5.41) is 22.9. The van der Waals surface area contributed by atoms with Gasteiger partial charge in [0.05, 0.1) is 17.9 Å². The second-order valence-corrected chi connectivity index (χ2v) is 13.7. The number of thioether (sulfide) groups is 1. The predicted molar refractivity (Wildman–Crippen MR) is 146 cm³/mol. The quantitative estimate of drug-likeness (QED) is 0.496. The van der Waals surface area contributed by atoms with Gasteiger partial charge >= 0.3 is 0 Å². The number of nitriles is 1. The number of alkyl halides is 1. The molecule has 8 atom stereocenters. The van der Waals surface area contributed by atoms with Gasteiger partial charge < -0.3 is 5.11 Å². The number of rotatable bonds is 4. The van der Waals surface area contributed by atoms with Crippen LogP contribution in [0.3, 0.4) is 0 Å². The number of ketones is 1. The summed E-state index contributed by atoms with van der Waals surface area (Å²) >= 11 is 6.92. The SMILES string of the molecule is C[C@]12C=CC(=O)CC1=C(F)C[C@H]1[C@@H]3C[C@H]4CN(Cc5ccc(Cl)cc5)O[C@@]4(C(=O)SCC#N)[C@@]3(C)C[C@H](O)[C@@]12F. The number of fused-ring (bicyclic) bond motifs is 7. The van der Waals surface area contributed by atoms with Crippen molar-refractivity contribution in [2.45, 2.75) is 63.4 Å². The molecule has 0 aromatic heterocycles. The minimum Gasteiger partial charge on any atom is -0.390 e. The van der Waals surface area contributed by atoms with Gasteiger partial charge in [-0.2, -0.15) is 10.3 Å². The zero-order valence-corrected chi connectivity index (χ0v) is 23.9. The van der Waals surface area contributed by atoms with E-state index >= 15 is 8.78 Å². The van der Waals surface area contributed by atoms with E-state index in [1.807, 2.05) is 25.1 Å². The van der Waals surface area contributed by atoms with Crippen molar-refractivity contribution in [1.29, 1.82) is 5.26 Å². The largest absolute Gasteiger partial charge is 0.390 e. The Morgan fingerprint density at radius 3 is 2.73 bits per heavy atom. The van der Waals surface area contributed by atoms with Crippen molar-refractivity contribution in [2.75, 3.05) is 12.3 Å². The molecule has 4 aliphatic carbocycles. The molecule has 3 fully saturated rings. The molecule has 1 saturated heterocycles. The summed E-state index contributed by atoms with van der Waals surface area (Å²) in [5.41, 5.74) is -5.07. The fourth-order valence-corrected chi connectivity index (χ4v) is 9.70. The molecular formula is C30H31ClF2N2O4S. The summed E-state index contributed by atoms with van der Waals surface area (Å²) in [5.74, 6) is -2.58. The topological polar surface area (TPSA) is 90.6 Å². The van der Waals surface area contributed by atoms with Gasteiger partial charge in [0.1, 0.15) is 5.83 Å². The fourth-order valence-electron chi connectivity index (χ4n) is 8.73. The molecule has 0 unspecified atom stereocenters. The summed E-state index contributed by atoms with van der Waals surface area (Å²) in [6.45, 7) is 4.22. The second kappa shape index (κ2) is 9.47. The summed E-state index contributed by atoms with van der Waals surface area (Å²) in [6, 6.07) is 9.32. The number of nitrogens with zero attached hydrogens (tertiary/aromatic N) is 2. The van der Waals surface area contributed by atoms with E-state index in [9.17, 15) is 20.0 Å². The Labute approximate surface area is 241 Å². The predicted octanol–water partition coefficient (Wildman–Crippen LogP) is 5.50. The Balaban J connectivity index is 1.41.